The number of hydrogen-bond donors (Lipinski definition) is 2. The highest BCUT2D eigenvalue weighted by atomic mass is 79.9. The van der Waals surface area contributed by atoms with Crippen LogP contribution in [0.2, 0.25) is 10.0 Å². The predicted molar refractivity (Wildman–Crippen MR) is 167 cm³/mol. The van der Waals surface area contributed by atoms with Crippen molar-refractivity contribution in [3.8, 4) is 16.9 Å². The third-order valence-corrected chi connectivity index (χ3v) is 7.78. The molecule has 0 fully saturated rings. The van der Waals surface area contributed by atoms with Gasteiger partial charge in [-0.25, -0.2) is 10.2 Å². The maximum absolute atomic E-state index is 13.8. The molecule has 0 aliphatic heterocycles. The summed E-state index contributed by atoms with van der Waals surface area (Å²) in [5.41, 5.74) is 2.27. The molecule has 0 atom stereocenters. The fraction of sp³-hybridized carbons (Fsp3) is 0.0333. The van der Waals surface area contributed by atoms with Crippen molar-refractivity contribution in [1.82, 2.24) is 10.4 Å². The van der Waals surface area contributed by atoms with Gasteiger partial charge in [-0.2, -0.15) is 18.3 Å². The lowest BCUT2D eigenvalue weighted by atomic mass is 10.0. The third kappa shape index (κ3) is 6.65. The Labute approximate surface area is 269 Å². The number of para-hydroxylation sites is 1. The summed E-state index contributed by atoms with van der Waals surface area (Å²) in [6.45, 7) is 0. The van der Waals surface area contributed by atoms with Crippen molar-refractivity contribution in [2.75, 3.05) is 0 Å². The number of benzene rings is 4. The van der Waals surface area contributed by atoms with E-state index in [9.17, 15) is 22.8 Å². The van der Waals surface area contributed by atoms with Gasteiger partial charge in [0.15, 0.2) is 5.75 Å². The summed E-state index contributed by atoms with van der Waals surface area (Å²) in [4.78, 5) is 28.9. The standard InChI is InChI=1S/C30H16Br2Cl2F3N3O3/c31-17-11-16(27(22(32)12-17)43-29(42)19-10-9-18(33)13-23(19)34)14-38-40-28(41)26-24(15-5-2-1-3-6-15)20-7-4-8-21(25(20)39-26)30(35,36)37/h1-14,39H,(H,40,41). The van der Waals surface area contributed by atoms with E-state index in [1.165, 1.54) is 36.5 Å². The number of carbonyl (C=O) groups is 2. The van der Waals surface area contributed by atoms with Gasteiger partial charge in [0.2, 0.25) is 0 Å². The number of carbonyl (C=O) groups excluding carboxylic acids is 2. The molecule has 0 aliphatic rings. The lowest BCUT2D eigenvalue weighted by molar-refractivity contribution is -0.136. The van der Waals surface area contributed by atoms with Gasteiger partial charge in [0, 0.05) is 26.0 Å². The lowest BCUT2D eigenvalue weighted by Gasteiger charge is -2.11. The minimum atomic E-state index is -4.65. The number of nitrogens with zero attached hydrogens (tertiary/aromatic N) is 1. The Bertz CT molecular complexity index is 1910. The molecule has 1 aromatic heterocycles. The fourth-order valence-electron chi connectivity index (χ4n) is 4.33. The third-order valence-electron chi connectivity index (χ3n) is 6.18. The number of H-pyrrole nitrogens is 1. The first-order chi connectivity index (χ1) is 20.4. The predicted octanol–water partition coefficient (Wildman–Crippen LogP) is 9.67. The highest BCUT2D eigenvalue weighted by molar-refractivity contribution is 9.11. The molecule has 0 radical (unpaired) electrons. The molecule has 0 unspecified atom stereocenters. The Morgan fingerprint density at radius 3 is 2.40 bits per heavy atom. The number of esters is 1. The number of ether oxygens (including phenoxy) is 1. The van der Waals surface area contributed by atoms with Gasteiger partial charge in [0.25, 0.3) is 5.91 Å². The van der Waals surface area contributed by atoms with Crippen LogP contribution >= 0.6 is 55.1 Å². The van der Waals surface area contributed by atoms with Crippen LogP contribution in [0.4, 0.5) is 13.2 Å². The smallest absolute Gasteiger partial charge is 0.418 e. The van der Waals surface area contributed by atoms with Gasteiger partial charge in [-0.3, -0.25) is 4.79 Å². The average molecular weight is 754 g/mol. The number of alkyl halides is 3. The number of hydrazone groups is 1. The first-order valence-corrected chi connectivity index (χ1v) is 14.5. The molecular formula is C30H16Br2Cl2F3N3O3. The van der Waals surface area contributed by atoms with E-state index in [1.54, 1.807) is 42.5 Å². The second-order valence-corrected chi connectivity index (χ2v) is 11.6. The monoisotopic (exact) mass is 751 g/mol. The van der Waals surface area contributed by atoms with Crippen molar-refractivity contribution >= 4 is 84.1 Å². The Hall–Kier alpha value is -3.64. The summed E-state index contributed by atoms with van der Waals surface area (Å²) in [6.07, 6.45) is -3.42. The molecule has 5 rings (SSSR count). The van der Waals surface area contributed by atoms with Crippen molar-refractivity contribution in [2.24, 2.45) is 5.10 Å². The van der Waals surface area contributed by atoms with E-state index in [2.05, 4.69) is 47.4 Å². The Morgan fingerprint density at radius 1 is 0.953 bits per heavy atom. The molecule has 0 saturated heterocycles. The van der Waals surface area contributed by atoms with Crippen LogP contribution in [0.15, 0.2) is 92.9 Å². The summed E-state index contributed by atoms with van der Waals surface area (Å²) >= 11 is 18.8. The maximum Gasteiger partial charge on any atom is 0.418 e. The molecule has 0 spiro atoms. The Balaban J connectivity index is 1.48. The topological polar surface area (TPSA) is 83.5 Å². The SMILES string of the molecule is O=C(Oc1c(Br)cc(Br)cc1C=NNC(=O)c1[nH]c2c(C(F)(F)F)cccc2c1-c1ccccc1)c1ccc(Cl)cc1Cl. The van der Waals surface area contributed by atoms with E-state index in [1.807, 2.05) is 0 Å². The van der Waals surface area contributed by atoms with Crippen LogP contribution < -0.4 is 10.2 Å². The normalized spacial score (nSPS) is 11.7. The summed E-state index contributed by atoms with van der Waals surface area (Å²) in [6, 6.07) is 19.8. The molecule has 0 saturated carbocycles. The second-order valence-electron chi connectivity index (χ2n) is 8.99. The van der Waals surface area contributed by atoms with Gasteiger partial charge >= 0.3 is 12.1 Å². The van der Waals surface area contributed by atoms with E-state index in [4.69, 9.17) is 27.9 Å². The molecule has 2 N–H and O–H groups in total. The minimum Gasteiger partial charge on any atom is -0.421 e. The molecule has 4 aromatic carbocycles. The molecule has 13 heteroatoms. The molecular weight excluding hydrogens is 738 g/mol. The fourth-order valence-corrected chi connectivity index (χ4v) is 6.16. The zero-order valence-corrected chi connectivity index (χ0v) is 26.1. The highest BCUT2D eigenvalue weighted by Crippen LogP contribution is 2.40. The summed E-state index contributed by atoms with van der Waals surface area (Å²) in [5.74, 6) is -1.49. The largest absolute Gasteiger partial charge is 0.421 e. The Kier molecular flexibility index (Phi) is 8.98. The number of amides is 1. The van der Waals surface area contributed by atoms with E-state index < -0.39 is 23.6 Å². The van der Waals surface area contributed by atoms with Crippen molar-refractivity contribution in [2.45, 2.75) is 6.18 Å². The minimum absolute atomic E-state index is 0.0718. The first-order valence-electron chi connectivity index (χ1n) is 12.2. The van der Waals surface area contributed by atoms with Crippen molar-refractivity contribution < 1.29 is 27.5 Å². The zero-order chi connectivity index (χ0) is 30.9. The summed E-state index contributed by atoms with van der Waals surface area (Å²) in [7, 11) is 0. The molecule has 5 aromatic rings. The maximum atomic E-state index is 13.8. The second kappa shape index (κ2) is 12.5. The number of hydrogen-bond acceptors (Lipinski definition) is 4. The number of halogens is 7. The molecule has 218 valence electrons. The Morgan fingerprint density at radius 2 is 1.70 bits per heavy atom. The molecule has 1 amide bonds. The van der Waals surface area contributed by atoms with Crippen LogP contribution in [-0.4, -0.2) is 23.1 Å². The van der Waals surface area contributed by atoms with Gasteiger partial charge in [-0.05, 0) is 57.9 Å². The number of fused-ring (bicyclic) bond motifs is 1. The van der Waals surface area contributed by atoms with Gasteiger partial charge in [0.05, 0.1) is 32.4 Å². The van der Waals surface area contributed by atoms with Crippen LogP contribution in [0, 0.1) is 0 Å². The van der Waals surface area contributed by atoms with Crippen molar-refractivity contribution in [3.63, 3.8) is 0 Å². The van der Waals surface area contributed by atoms with E-state index in [0.29, 0.717) is 19.5 Å². The molecule has 0 bridgehead atoms. The van der Waals surface area contributed by atoms with E-state index in [-0.39, 0.29) is 44.1 Å². The van der Waals surface area contributed by atoms with Crippen LogP contribution in [-0.2, 0) is 6.18 Å². The van der Waals surface area contributed by atoms with Gasteiger partial charge in [-0.1, -0.05) is 81.6 Å². The first kappa shape index (κ1) is 30.8. The van der Waals surface area contributed by atoms with Crippen molar-refractivity contribution in [3.05, 3.63) is 120 Å². The number of rotatable bonds is 6. The molecule has 43 heavy (non-hydrogen) atoms. The zero-order valence-electron chi connectivity index (χ0n) is 21.4. The number of aromatic amines is 1. The van der Waals surface area contributed by atoms with Crippen molar-refractivity contribution in [1.29, 1.82) is 0 Å². The molecule has 0 aliphatic carbocycles. The number of nitrogens with one attached hydrogen (secondary N) is 2. The molecule has 1 heterocycles. The van der Waals surface area contributed by atoms with Gasteiger partial charge in [0.1, 0.15) is 5.69 Å². The van der Waals surface area contributed by atoms with E-state index in [0.717, 1.165) is 6.07 Å². The summed E-state index contributed by atoms with van der Waals surface area (Å²) < 4.78 is 48.0. The van der Waals surface area contributed by atoms with Gasteiger partial charge < -0.3 is 9.72 Å². The quantitative estimate of drug-likeness (QED) is 0.0784. The average Bonchev–Trinajstić information content (AvgIpc) is 3.34. The van der Waals surface area contributed by atoms with E-state index >= 15 is 0 Å². The number of aromatic nitrogens is 1. The van der Waals surface area contributed by atoms with Crippen LogP contribution in [0.1, 0.15) is 32.0 Å². The van der Waals surface area contributed by atoms with Crippen LogP contribution in [0.5, 0.6) is 5.75 Å². The van der Waals surface area contributed by atoms with Crippen LogP contribution in [0.25, 0.3) is 22.0 Å². The van der Waals surface area contributed by atoms with Gasteiger partial charge in [-0.15, -0.1) is 0 Å². The lowest BCUT2D eigenvalue weighted by Crippen LogP contribution is -2.19. The summed E-state index contributed by atoms with van der Waals surface area (Å²) in [5, 5.41) is 4.66. The highest BCUT2D eigenvalue weighted by Gasteiger charge is 2.34. The van der Waals surface area contributed by atoms with Crippen LogP contribution in [0.3, 0.4) is 0 Å². The molecule has 6 nitrogen and oxygen atoms in total.